The third kappa shape index (κ3) is 4.90. The van der Waals surface area contributed by atoms with Gasteiger partial charge in [0.1, 0.15) is 23.5 Å². The predicted molar refractivity (Wildman–Crippen MR) is 150 cm³/mol. The Morgan fingerprint density at radius 2 is 1.73 bits per heavy atom. The van der Waals surface area contributed by atoms with E-state index in [0.29, 0.717) is 29.8 Å². The van der Waals surface area contributed by atoms with Gasteiger partial charge in [0.15, 0.2) is 0 Å². The molecule has 4 aromatic rings. The van der Waals surface area contributed by atoms with Gasteiger partial charge in [-0.2, -0.15) is 0 Å². The topological polar surface area (TPSA) is 107 Å². The van der Waals surface area contributed by atoms with E-state index in [4.69, 9.17) is 9.47 Å². The molecule has 3 aromatic carbocycles. The van der Waals surface area contributed by atoms with Gasteiger partial charge in [-0.05, 0) is 68.7 Å². The molecule has 210 valence electrons. The van der Waals surface area contributed by atoms with Gasteiger partial charge in [-0.3, -0.25) is 19.4 Å². The van der Waals surface area contributed by atoms with Crippen LogP contribution in [0.25, 0.3) is 11.0 Å². The number of benzene rings is 3. The maximum absolute atomic E-state index is 13.5. The van der Waals surface area contributed by atoms with Crippen molar-refractivity contribution in [3.8, 4) is 5.75 Å². The fourth-order valence-electron chi connectivity index (χ4n) is 5.51. The highest BCUT2D eigenvalue weighted by atomic mass is 16.6. The fourth-order valence-corrected chi connectivity index (χ4v) is 5.51. The first-order valence-corrected chi connectivity index (χ1v) is 13.6. The molecule has 3 amide bonds. The van der Waals surface area contributed by atoms with Crippen LogP contribution in [0.1, 0.15) is 64.2 Å². The Morgan fingerprint density at radius 3 is 2.44 bits per heavy atom. The summed E-state index contributed by atoms with van der Waals surface area (Å²) in [4.78, 5) is 43.0. The van der Waals surface area contributed by atoms with E-state index in [9.17, 15) is 14.4 Å². The third-order valence-corrected chi connectivity index (χ3v) is 7.42. The molecule has 0 bridgehead atoms. The van der Waals surface area contributed by atoms with Crippen molar-refractivity contribution in [2.24, 2.45) is 7.05 Å². The van der Waals surface area contributed by atoms with Crippen LogP contribution in [0.15, 0.2) is 60.7 Å². The first-order chi connectivity index (χ1) is 19.6. The standard InChI is InChI=1S/C31H31N5O5/c1-31(2,3)41-30(39)35-15-14-20-8-7-11-26(40-18-19-12-13-24-23(16-19)32-33-34(24)4)27(20)25(35)17-36-28(37)21-9-5-6-10-22(21)29(36)38/h5-13,16,25H,14-15,17-18H2,1-4H3/t25-/m1/s1. The van der Waals surface area contributed by atoms with Gasteiger partial charge < -0.3 is 9.47 Å². The van der Waals surface area contributed by atoms with E-state index in [2.05, 4.69) is 10.3 Å². The smallest absolute Gasteiger partial charge is 0.410 e. The maximum Gasteiger partial charge on any atom is 0.410 e. The number of hydrogen-bond acceptors (Lipinski definition) is 7. The summed E-state index contributed by atoms with van der Waals surface area (Å²) in [5.41, 5.74) is 4.36. The normalized spacial score (nSPS) is 16.6. The van der Waals surface area contributed by atoms with Gasteiger partial charge in [-0.1, -0.05) is 35.5 Å². The number of aromatic nitrogens is 3. The molecule has 0 unspecified atom stereocenters. The number of carbonyl (C=O) groups is 3. The van der Waals surface area contributed by atoms with Crippen LogP contribution in [0.4, 0.5) is 4.79 Å². The molecule has 0 spiro atoms. The van der Waals surface area contributed by atoms with Crippen molar-refractivity contribution in [1.82, 2.24) is 24.8 Å². The van der Waals surface area contributed by atoms with Crippen LogP contribution >= 0.6 is 0 Å². The molecule has 0 saturated heterocycles. The first-order valence-electron chi connectivity index (χ1n) is 13.6. The molecule has 6 rings (SSSR count). The molecule has 0 radical (unpaired) electrons. The average molecular weight is 554 g/mol. The summed E-state index contributed by atoms with van der Waals surface area (Å²) in [7, 11) is 1.84. The second-order valence-electron chi connectivity index (χ2n) is 11.4. The van der Waals surface area contributed by atoms with Crippen LogP contribution < -0.4 is 4.74 Å². The summed E-state index contributed by atoms with van der Waals surface area (Å²) in [5, 5.41) is 8.26. The van der Waals surface area contributed by atoms with E-state index in [1.807, 2.05) is 64.2 Å². The fraction of sp³-hybridized carbons (Fsp3) is 0.323. The Morgan fingerprint density at radius 1 is 1.00 bits per heavy atom. The third-order valence-electron chi connectivity index (χ3n) is 7.42. The Bertz CT molecular complexity index is 1650. The van der Waals surface area contributed by atoms with Crippen LogP contribution in [-0.4, -0.2) is 61.4 Å². The van der Waals surface area contributed by atoms with Gasteiger partial charge in [-0.25, -0.2) is 9.48 Å². The average Bonchev–Trinajstić information content (AvgIpc) is 3.43. The van der Waals surface area contributed by atoms with Gasteiger partial charge in [0.2, 0.25) is 0 Å². The minimum absolute atomic E-state index is 0.0233. The van der Waals surface area contributed by atoms with Gasteiger partial charge in [-0.15, -0.1) is 5.10 Å². The number of ether oxygens (including phenoxy) is 2. The Labute approximate surface area is 237 Å². The lowest BCUT2D eigenvalue weighted by molar-refractivity contribution is 0.00950. The number of rotatable bonds is 5. The number of amides is 3. The molecule has 10 heteroatoms. The van der Waals surface area contributed by atoms with Crippen molar-refractivity contribution in [2.45, 2.75) is 45.4 Å². The summed E-state index contributed by atoms with van der Waals surface area (Å²) in [6, 6.07) is 17.7. The minimum atomic E-state index is -0.716. The van der Waals surface area contributed by atoms with Crippen LogP contribution in [-0.2, 0) is 24.8 Å². The number of carbonyl (C=O) groups excluding carboxylic acids is 3. The van der Waals surface area contributed by atoms with Crippen molar-refractivity contribution in [1.29, 1.82) is 0 Å². The zero-order chi connectivity index (χ0) is 28.9. The summed E-state index contributed by atoms with van der Waals surface area (Å²) in [6.07, 6.45) is 0.0725. The summed E-state index contributed by atoms with van der Waals surface area (Å²) in [5.74, 6) is -0.174. The number of hydrogen-bond donors (Lipinski definition) is 0. The van der Waals surface area contributed by atoms with E-state index in [-0.39, 0.29) is 25.0 Å². The lowest BCUT2D eigenvalue weighted by Crippen LogP contribution is -2.48. The van der Waals surface area contributed by atoms with Crippen molar-refractivity contribution < 1.29 is 23.9 Å². The van der Waals surface area contributed by atoms with Crippen molar-refractivity contribution in [2.75, 3.05) is 13.1 Å². The van der Waals surface area contributed by atoms with Crippen molar-refractivity contribution in [3.63, 3.8) is 0 Å². The van der Waals surface area contributed by atoms with Crippen molar-refractivity contribution >= 4 is 28.9 Å². The molecule has 3 heterocycles. The number of aryl methyl sites for hydroxylation is 1. The van der Waals surface area contributed by atoms with Crippen LogP contribution in [0, 0.1) is 0 Å². The zero-order valence-corrected chi connectivity index (χ0v) is 23.5. The van der Waals surface area contributed by atoms with E-state index in [0.717, 1.165) is 27.7 Å². The highest BCUT2D eigenvalue weighted by Gasteiger charge is 2.42. The molecule has 0 aliphatic carbocycles. The zero-order valence-electron chi connectivity index (χ0n) is 23.5. The summed E-state index contributed by atoms with van der Waals surface area (Å²) < 4.78 is 13.8. The molecule has 2 aliphatic heterocycles. The Kier molecular flexibility index (Phi) is 6.48. The second kappa shape index (κ2) is 10.0. The van der Waals surface area contributed by atoms with Crippen LogP contribution in [0.3, 0.4) is 0 Å². The maximum atomic E-state index is 13.5. The van der Waals surface area contributed by atoms with Gasteiger partial charge in [0.25, 0.3) is 11.8 Å². The van der Waals surface area contributed by atoms with Gasteiger partial charge in [0.05, 0.1) is 29.2 Å². The molecule has 10 nitrogen and oxygen atoms in total. The molecule has 1 atom stereocenters. The summed E-state index contributed by atoms with van der Waals surface area (Å²) >= 11 is 0. The SMILES string of the molecule is Cn1nnc2cc(COc3cccc4c3[C@@H](CN3C(=O)c5ccccc5C3=O)N(C(=O)OC(C)(C)C)CC4)ccc21. The number of imide groups is 1. The molecule has 0 N–H and O–H groups in total. The van der Waals surface area contributed by atoms with E-state index in [1.165, 1.54) is 4.90 Å². The van der Waals surface area contributed by atoms with E-state index in [1.54, 1.807) is 33.8 Å². The van der Waals surface area contributed by atoms with Crippen LogP contribution in [0.2, 0.25) is 0 Å². The van der Waals surface area contributed by atoms with E-state index >= 15 is 0 Å². The number of nitrogens with zero attached hydrogens (tertiary/aromatic N) is 5. The largest absolute Gasteiger partial charge is 0.489 e. The number of fused-ring (bicyclic) bond motifs is 3. The van der Waals surface area contributed by atoms with Crippen molar-refractivity contribution in [3.05, 3.63) is 88.5 Å². The van der Waals surface area contributed by atoms with Crippen LogP contribution in [0.5, 0.6) is 5.75 Å². The Balaban J connectivity index is 1.35. The van der Waals surface area contributed by atoms with E-state index < -0.39 is 17.7 Å². The molecular weight excluding hydrogens is 522 g/mol. The minimum Gasteiger partial charge on any atom is -0.489 e. The monoisotopic (exact) mass is 553 g/mol. The van der Waals surface area contributed by atoms with Gasteiger partial charge in [0, 0.05) is 19.2 Å². The first kappa shape index (κ1) is 26.5. The molecule has 0 saturated carbocycles. The quantitative estimate of drug-likeness (QED) is 0.331. The molecule has 41 heavy (non-hydrogen) atoms. The molecular formula is C31H31N5O5. The lowest BCUT2D eigenvalue weighted by Gasteiger charge is -2.40. The Hall–Kier alpha value is -4.73. The molecule has 2 aliphatic rings. The molecule has 1 aromatic heterocycles. The van der Waals surface area contributed by atoms with Gasteiger partial charge >= 0.3 is 6.09 Å². The summed E-state index contributed by atoms with van der Waals surface area (Å²) in [6.45, 7) is 6.04. The highest BCUT2D eigenvalue weighted by Crippen LogP contribution is 2.39. The highest BCUT2D eigenvalue weighted by molar-refractivity contribution is 6.21. The molecule has 0 fully saturated rings. The predicted octanol–water partition coefficient (Wildman–Crippen LogP) is 4.68. The lowest BCUT2D eigenvalue weighted by atomic mass is 9.91. The second-order valence-corrected chi connectivity index (χ2v) is 11.4.